The lowest BCUT2D eigenvalue weighted by Gasteiger charge is -2.20. The highest BCUT2D eigenvalue weighted by Crippen LogP contribution is 2.18. The number of amides is 2. The van der Waals surface area contributed by atoms with Gasteiger partial charge in [0.2, 0.25) is 0 Å². The Morgan fingerprint density at radius 3 is 2.19 bits per heavy atom. The lowest BCUT2D eigenvalue weighted by atomic mass is 10.2. The Hall–Kier alpha value is -2.58. The molecule has 0 spiro atoms. The zero-order chi connectivity index (χ0) is 19.2. The molecule has 7 nitrogen and oxygen atoms in total. The molecular formula is C18H24N4O3S. The van der Waals surface area contributed by atoms with E-state index < -0.39 is 16.2 Å². The lowest BCUT2D eigenvalue weighted by Crippen LogP contribution is -2.35. The molecule has 8 heteroatoms. The number of carbonyl (C=O) groups excluding carboxylic acids is 1. The van der Waals surface area contributed by atoms with Gasteiger partial charge in [0.05, 0.1) is 5.69 Å². The number of para-hydroxylation sites is 1. The molecule has 2 rings (SSSR count). The molecule has 2 aromatic carbocycles. The van der Waals surface area contributed by atoms with Crippen LogP contribution in [0, 0.1) is 5.92 Å². The van der Waals surface area contributed by atoms with Gasteiger partial charge in [-0.05, 0) is 36.2 Å². The topological polar surface area (TPSA) is 90.5 Å². The highest BCUT2D eigenvalue weighted by Gasteiger charge is 2.18. The number of anilines is 3. The summed E-state index contributed by atoms with van der Waals surface area (Å²) >= 11 is 0. The highest BCUT2D eigenvalue weighted by atomic mass is 32.2. The zero-order valence-corrected chi connectivity index (χ0v) is 15.9. The summed E-state index contributed by atoms with van der Waals surface area (Å²) in [7, 11) is -2.12. The van der Waals surface area contributed by atoms with Gasteiger partial charge in [-0.2, -0.15) is 12.7 Å². The van der Waals surface area contributed by atoms with Crippen LogP contribution in [-0.2, 0) is 10.2 Å². The van der Waals surface area contributed by atoms with Gasteiger partial charge < -0.3 is 10.6 Å². The van der Waals surface area contributed by atoms with E-state index in [4.69, 9.17) is 0 Å². The molecule has 0 atom stereocenters. The number of nitrogens with zero attached hydrogens (tertiary/aromatic N) is 1. The van der Waals surface area contributed by atoms with Crippen LogP contribution in [-0.4, -0.2) is 32.3 Å². The van der Waals surface area contributed by atoms with Gasteiger partial charge in [-0.25, -0.2) is 4.79 Å². The molecule has 140 valence electrons. The van der Waals surface area contributed by atoms with E-state index in [0.717, 1.165) is 0 Å². The van der Waals surface area contributed by atoms with Crippen LogP contribution in [0.1, 0.15) is 13.8 Å². The molecule has 0 aliphatic heterocycles. The van der Waals surface area contributed by atoms with E-state index in [2.05, 4.69) is 15.4 Å². The Balaban J connectivity index is 2.02. The molecular weight excluding hydrogens is 352 g/mol. The van der Waals surface area contributed by atoms with E-state index in [1.807, 2.05) is 32.0 Å². The minimum atomic E-state index is -3.65. The minimum absolute atomic E-state index is 0.214. The molecule has 0 unspecified atom stereocenters. The molecule has 0 fully saturated rings. The smallest absolute Gasteiger partial charge is 0.308 e. The Kier molecular flexibility index (Phi) is 6.59. The van der Waals surface area contributed by atoms with Crippen LogP contribution in [0.25, 0.3) is 0 Å². The summed E-state index contributed by atoms with van der Waals surface area (Å²) < 4.78 is 28.4. The molecule has 26 heavy (non-hydrogen) atoms. The van der Waals surface area contributed by atoms with Crippen molar-refractivity contribution < 1.29 is 13.2 Å². The van der Waals surface area contributed by atoms with Crippen molar-refractivity contribution in [3.63, 3.8) is 0 Å². The molecule has 0 aliphatic rings. The number of nitrogens with one attached hydrogen (secondary N) is 3. The Labute approximate surface area is 154 Å². The van der Waals surface area contributed by atoms with Crippen molar-refractivity contribution in [1.29, 1.82) is 0 Å². The summed E-state index contributed by atoms with van der Waals surface area (Å²) in [5.41, 5.74) is 1.51. The summed E-state index contributed by atoms with van der Waals surface area (Å²) in [6, 6.07) is 15.2. The van der Waals surface area contributed by atoms with Gasteiger partial charge in [0, 0.05) is 25.0 Å². The van der Waals surface area contributed by atoms with Crippen LogP contribution in [0.15, 0.2) is 54.6 Å². The predicted molar refractivity (Wildman–Crippen MR) is 106 cm³/mol. The largest absolute Gasteiger partial charge is 0.323 e. The maximum Gasteiger partial charge on any atom is 0.323 e. The second-order valence-electron chi connectivity index (χ2n) is 6.31. The summed E-state index contributed by atoms with van der Waals surface area (Å²) in [6.45, 7) is 4.30. The van der Waals surface area contributed by atoms with E-state index in [-0.39, 0.29) is 5.92 Å². The lowest BCUT2D eigenvalue weighted by molar-refractivity contribution is 0.262. The summed E-state index contributed by atoms with van der Waals surface area (Å²) in [5.74, 6) is 0.214. The third-order valence-corrected chi connectivity index (χ3v) is 4.89. The monoisotopic (exact) mass is 376 g/mol. The van der Waals surface area contributed by atoms with Gasteiger partial charge in [-0.15, -0.1) is 0 Å². The van der Waals surface area contributed by atoms with Crippen LogP contribution in [0.4, 0.5) is 21.9 Å². The molecule has 0 aromatic heterocycles. The summed E-state index contributed by atoms with van der Waals surface area (Å²) in [5, 5.41) is 5.38. The van der Waals surface area contributed by atoms with Crippen molar-refractivity contribution in [3.8, 4) is 0 Å². The fourth-order valence-corrected chi connectivity index (χ4v) is 3.39. The Morgan fingerprint density at radius 1 is 0.962 bits per heavy atom. The van der Waals surface area contributed by atoms with E-state index in [1.165, 1.54) is 11.4 Å². The molecule has 3 N–H and O–H groups in total. The van der Waals surface area contributed by atoms with Crippen molar-refractivity contribution >= 4 is 33.3 Å². The number of hydrogen-bond donors (Lipinski definition) is 3. The van der Waals surface area contributed by atoms with Crippen LogP contribution < -0.4 is 15.4 Å². The van der Waals surface area contributed by atoms with Gasteiger partial charge in [-0.3, -0.25) is 4.72 Å². The fraction of sp³-hybridized carbons (Fsp3) is 0.278. The van der Waals surface area contributed by atoms with Crippen LogP contribution >= 0.6 is 0 Å². The molecule has 2 amide bonds. The molecule has 2 aromatic rings. The first-order chi connectivity index (χ1) is 12.3. The highest BCUT2D eigenvalue weighted by molar-refractivity contribution is 7.90. The average molecular weight is 376 g/mol. The van der Waals surface area contributed by atoms with Gasteiger partial charge in [0.15, 0.2) is 0 Å². The average Bonchev–Trinajstić information content (AvgIpc) is 2.55. The first-order valence-electron chi connectivity index (χ1n) is 8.23. The standard InChI is InChI=1S/C18H24N4O3S/c1-14(2)13-22(3)26(24,25)21-17-11-7-10-16(12-17)20-18(23)19-15-8-5-4-6-9-15/h4-12,14,21H,13H2,1-3H3,(H2,19,20,23). The normalized spacial score (nSPS) is 11.4. The summed E-state index contributed by atoms with van der Waals surface area (Å²) in [6.07, 6.45) is 0. The van der Waals surface area contributed by atoms with E-state index in [0.29, 0.717) is 23.6 Å². The molecule has 0 aliphatic carbocycles. The van der Waals surface area contributed by atoms with Crippen LogP contribution in [0.5, 0.6) is 0 Å². The quantitative estimate of drug-likeness (QED) is 0.690. The summed E-state index contributed by atoms with van der Waals surface area (Å²) in [4.78, 5) is 12.0. The number of carbonyl (C=O) groups is 1. The number of benzene rings is 2. The van der Waals surface area contributed by atoms with Crippen molar-refractivity contribution in [3.05, 3.63) is 54.6 Å². The Morgan fingerprint density at radius 2 is 1.54 bits per heavy atom. The SMILES string of the molecule is CC(C)CN(C)S(=O)(=O)Nc1cccc(NC(=O)Nc2ccccc2)c1. The molecule has 0 saturated heterocycles. The van der Waals surface area contributed by atoms with E-state index >= 15 is 0 Å². The molecule has 0 saturated carbocycles. The predicted octanol–water partition coefficient (Wildman–Crippen LogP) is 3.58. The van der Waals surface area contributed by atoms with Crippen molar-refractivity contribution in [2.75, 3.05) is 28.9 Å². The van der Waals surface area contributed by atoms with Gasteiger partial charge in [0.25, 0.3) is 0 Å². The number of rotatable bonds is 7. The Bertz CT molecular complexity index is 839. The second kappa shape index (κ2) is 8.68. The zero-order valence-electron chi connectivity index (χ0n) is 15.1. The van der Waals surface area contributed by atoms with Gasteiger partial charge >= 0.3 is 16.2 Å². The minimum Gasteiger partial charge on any atom is -0.308 e. The van der Waals surface area contributed by atoms with Crippen molar-refractivity contribution in [2.24, 2.45) is 5.92 Å². The maximum atomic E-state index is 12.3. The third kappa shape index (κ3) is 6.05. The molecule has 0 heterocycles. The fourth-order valence-electron chi connectivity index (χ4n) is 2.31. The first kappa shape index (κ1) is 19.7. The van der Waals surface area contributed by atoms with Gasteiger partial charge in [0.1, 0.15) is 0 Å². The van der Waals surface area contributed by atoms with Crippen LogP contribution in [0.2, 0.25) is 0 Å². The van der Waals surface area contributed by atoms with Crippen LogP contribution in [0.3, 0.4) is 0 Å². The van der Waals surface area contributed by atoms with Crippen molar-refractivity contribution in [1.82, 2.24) is 4.31 Å². The second-order valence-corrected chi connectivity index (χ2v) is 8.09. The molecule has 0 radical (unpaired) electrons. The van der Waals surface area contributed by atoms with E-state index in [1.54, 1.807) is 36.4 Å². The maximum absolute atomic E-state index is 12.3. The molecule has 0 bridgehead atoms. The number of hydrogen-bond acceptors (Lipinski definition) is 3. The third-order valence-electron chi connectivity index (χ3n) is 3.43. The van der Waals surface area contributed by atoms with Crippen molar-refractivity contribution in [2.45, 2.75) is 13.8 Å². The first-order valence-corrected chi connectivity index (χ1v) is 9.67. The number of urea groups is 1. The van der Waals surface area contributed by atoms with Gasteiger partial charge in [-0.1, -0.05) is 38.1 Å². The van der Waals surface area contributed by atoms with E-state index in [9.17, 15) is 13.2 Å².